The van der Waals surface area contributed by atoms with Crippen LogP contribution in [0.5, 0.6) is 0 Å². The average Bonchev–Trinajstić information content (AvgIpc) is 2.54. The third-order valence-electron chi connectivity index (χ3n) is 2.65. The summed E-state index contributed by atoms with van der Waals surface area (Å²) in [7, 11) is 0. The molecule has 2 rings (SSSR count). The predicted octanol–water partition coefficient (Wildman–Crippen LogP) is 2.72. The van der Waals surface area contributed by atoms with Crippen LogP contribution in [0, 0.1) is 5.92 Å². The fraction of sp³-hybridized carbons (Fsp3) is 0.583. The van der Waals surface area contributed by atoms with E-state index in [0.29, 0.717) is 12.0 Å². The Labute approximate surface area is 85.4 Å². The van der Waals surface area contributed by atoms with Gasteiger partial charge in [0.05, 0.1) is 12.6 Å². The van der Waals surface area contributed by atoms with Crippen LogP contribution in [-0.2, 0) is 4.74 Å². The molecule has 0 N–H and O–H groups in total. The SMILES string of the molecule is CCCOC1=CC2CC(C)=NC2C=C1. The summed E-state index contributed by atoms with van der Waals surface area (Å²) in [5.74, 6) is 1.57. The van der Waals surface area contributed by atoms with Crippen LogP contribution in [0.15, 0.2) is 29.0 Å². The molecular weight excluding hydrogens is 174 g/mol. The van der Waals surface area contributed by atoms with Crippen LogP contribution in [0.25, 0.3) is 0 Å². The zero-order chi connectivity index (χ0) is 9.97. The molecule has 1 aliphatic heterocycles. The number of allylic oxidation sites excluding steroid dienone is 1. The summed E-state index contributed by atoms with van der Waals surface area (Å²) in [6, 6.07) is 0.379. The average molecular weight is 191 g/mol. The third kappa shape index (κ3) is 1.89. The first-order chi connectivity index (χ1) is 6.79. The van der Waals surface area contributed by atoms with Gasteiger partial charge in [-0.05, 0) is 31.9 Å². The van der Waals surface area contributed by atoms with Crippen molar-refractivity contribution in [3.05, 3.63) is 24.0 Å². The normalized spacial score (nSPS) is 29.6. The molecule has 0 bridgehead atoms. The van der Waals surface area contributed by atoms with Gasteiger partial charge in [0.2, 0.25) is 0 Å². The lowest BCUT2D eigenvalue weighted by atomic mass is 9.94. The lowest BCUT2D eigenvalue weighted by Gasteiger charge is -2.17. The quantitative estimate of drug-likeness (QED) is 0.672. The summed E-state index contributed by atoms with van der Waals surface area (Å²) < 4.78 is 5.60. The molecule has 0 amide bonds. The minimum atomic E-state index is 0.379. The Kier molecular flexibility index (Phi) is 2.71. The molecule has 2 aliphatic rings. The summed E-state index contributed by atoms with van der Waals surface area (Å²) in [6.45, 7) is 5.04. The first-order valence-electron chi connectivity index (χ1n) is 5.35. The van der Waals surface area contributed by atoms with E-state index in [2.05, 4.69) is 37.1 Å². The van der Waals surface area contributed by atoms with Gasteiger partial charge in [-0.15, -0.1) is 0 Å². The molecule has 0 saturated heterocycles. The molecule has 1 heterocycles. The Morgan fingerprint density at radius 3 is 3.21 bits per heavy atom. The monoisotopic (exact) mass is 191 g/mol. The zero-order valence-corrected chi connectivity index (χ0v) is 8.86. The van der Waals surface area contributed by atoms with Crippen molar-refractivity contribution in [1.29, 1.82) is 0 Å². The standard InChI is InChI=1S/C12H17NO/c1-3-6-14-11-4-5-12-10(8-11)7-9(2)13-12/h4-5,8,10,12H,3,6-7H2,1-2H3. The van der Waals surface area contributed by atoms with E-state index in [4.69, 9.17) is 4.74 Å². The first kappa shape index (κ1) is 9.50. The van der Waals surface area contributed by atoms with E-state index in [1.54, 1.807) is 0 Å². The van der Waals surface area contributed by atoms with Crippen molar-refractivity contribution < 1.29 is 4.74 Å². The van der Waals surface area contributed by atoms with Gasteiger partial charge in [0.15, 0.2) is 0 Å². The van der Waals surface area contributed by atoms with Gasteiger partial charge in [-0.1, -0.05) is 13.0 Å². The molecule has 0 aromatic carbocycles. The molecule has 2 heteroatoms. The minimum Gasteiger partial charge on any atom is -0.494 e. The summed E-state index contributed by atoms with van der Waals surface area (Å²) in [4.78, 5) is 4.55. The van der Waals surface area contributed by atoms with Gasteiger partial charge >= 0.3 is 0 Å². The van der Waals surface area contributed by atoms with Crippen LogP contribution in [0.1, 0.15) is 26.7 Å². The maximum atomic E-state index is 5.60. The number of nitrogens with zero attached hydrogens (tertiary/aromatic N) is 1. The van der Waals surface area contributed by atoms with Gasteiger partial charge in [-0.25, -0.2) is 0 Å². The van der Waals surface area contributed by atoms with Crippen molar-refractivity contribution in [3.8, 4) is 0 Å². The molecule has 0 saturated carbocycles. The van der Waals surface area contributed by atoms with Crippen molar-refractivity contribution in [2.24, 2.45) is 10.9 Å². The van der Waals surface area contributed by atoms with E-state index in [1.807, 2.05) is 0 Å². The fourth-order valence-corrected chi connectivity index (χ4v) is 1.98. The van der Waals surface area contributed by atoms with Crippen molar-refractivity contribution in [3.63, 3.8) is 0 Å². The maximum absolute atomic E-state index is 5.60. The lowest BCUT2D eigenvalue weighted by Crippen LogP contribution is -2.13. The van der Waals surface area contributed by atoms with Crippen molar-refractivity contribution in [1.82, 2.24) is 0 Å². The number of ether oxygens (including phenoxy) is 1. The van der Waals surface area contributed by atoms with Crippen LogP contribution >= 0.6 is 0 Å². The second-order valence-corrected chi connectivity index (χ2v) is 4.00. The smallest absolute Gasteiger partial charge is 0.115 e. The third-order valence-corrected chi connectivity index (χ3v) is 2.65. The van der Waals surface area contributed by atoms with Crippen LogP contribution < -0.4 is 0 Å². The topological polar surface area (TPSA) is 21.6 Å². The first-order valence-corrected chi connectivity index (χ1v) is 5.35. The summed E-state index contributed by atoms with van der Waals surface area (Å²) >= 11 is 0. The number of rotatable bonds is 3. The van der Waals surface area contributed by atoms with E-state index in [9.17, 15) is 0 Å². The molecular formula is C12H17NO. The summed E-state index contributed by atoms with van der Waals surface area (Å²) in [5.41, 5.74) is 1.26. The number of fused-ring (bicyclic) bond motifs is 1. The molecule has 14 heavy (non-hydrogen) atoms. The molecule has 0 fully saturated rings. The van der Waals surface area contributed by atoms with Crippen LogP contribution in [-0.4, -0.2) is 18.4 Å². The Hall–Kier alpha value is -1.05. The Bertz CT molecular complexity index is 301. The van der Waals surface area contributed by atoms with Crippen LogP contribution in [0.4, 0.5) is 0 Å². The highest BCUT2D eigenvalue weighted by Crippen LogP contribution is 2.29. The van der Waals surface area contributed by atoms with Gasteiger partial charge in [-0.3, -0.25) is 4.99 Å². The highest BCUT2D eigenvalue weighted by Gasteiger charge is 2.26. The highest BCUT2D eigenvalue weighted by atomic mass is 16.5. The fourth-order valence-electron chi connectivity index (χ4n) is 1.98. The van der Waals surface area contributed by atoms with Gasteiger partial charge in [-0.2, -0.15) is 0 Å². The lowest BCUT2D eigenvalue weighted by molar-refractivity contribution is 0.220. The van der Waals surface area contributed by atoms with Gasteiger partial charge < -0.3 is 4.74 Å². The molecule has 0 aromatic rings. The molecule has 2 unspecified atom stereocenters. The minimum absolute atomic E-state index is 0.379. The van der Waals surface area contributed by atoms with Gasteiger partial charge in [0, 0.05) is 11.6 Å². The van der Waals surface area contributed by atoms with Gasteiger partial charge in [0.25, 0.3) is 0 Å². The number of hydrogen-bond acceptors (Lipinski definition) is 2. The second-order valence-electron chi connectivity index (χ2n) is 4.00. The second kappa shape index (κ2) is 3.99. The largest absolute Gasteiger partial charge is 0.494 e. The van der Waals surface area contributed by atoms with E-state index in [-0.39, 0.29) is 0 Å². The Morgan fingerprint density at radius 1 is 1.57 bits per heavy atom. The van der Waals surface area contributed by atoms with Gasteiger partial charge in [0.1, 0.15) is 5.76 Å². The summed E-state index contributed by atoms with van der Waals surface area (Å²) in [6.07, 6.45) is 8.59. The van der Waals surface area contributed by atoms with Crippen LogP contribution in [0.3, 0.4) is 0 Å². The Morgan fingerprint density at radius 2 is 2.43 bits per heavy atom. The molecule has 2 nitrogen and oxygen atoms in total. The number of hydrogen-bond donors (Lipinski definition) is 0. The van der Waals surface area contributed by atoms with E-state index < -0.39 is 0 Å². The van der Waals surface area contributed by atoms with E-state index in [0.717, 1.165) is 25.2 Å². The Balaban J connectivity index is 1.99. The van der Waals surface area contributed by atoms with Crippen molar-refractivity contribution in [2.45, 2.75) is 32.7 Å². The van der Waals surface area contributed by atoms with E-state index in [1.165, 1.54) is 5.71 Å². The summed E-state index contributed by atoms with van der Waals surface area (Å²) in [5, 5.41) is 0. The van der Waals surface area contributed by atoms with Crippen LogP contribution in [0.2, 0.25) is 0 Å². The number of aliphatic imine (C=N–C) groups is 1. The molecule has 0 aromatic heterocycles. The molecule has 0 spiro atoms. The molecule has 1 aliphatic carbocycles. The highest BCUT2D eigenvalue weighted by molar-refractivity contribution is 5.84. The molecule has 0 radical (unpaired) electrons. The maximum Gasteiger partial charge on any atom is 0.115 e. The van der Waals surface area contributed by atoms with Crippen molar-refractivity contribution in [2.75, 3.05) is 6.61 Å². The molecule has 76 valence electrons. The van der Waals surface area contributed by atoms with E-state index >= 15 is 0 Å². The predicted molar refractivity (Wildman–Crippen MR) is 58.5 cm³/mol. The zero-order valence-electron chi connectivity index (χ0n) is 8.86. The molecule has 2 atom stereocenters. The van der Waals surface area contributed by atoms with Crippen molar-refractivity contribution >= 4 is 5.71 Å².